The van der Waals surface area contributed by atoms with Crippen molar-refractivity contribution >= 4 is 24.1 Å². The Morgan fingerprint density at radius 3 is 2.76 bits per heavy atom. The lowest BCUT2D eigenvalue weighted by Crippen LogP contribution is -2.52. The number of nitrogens with zero attached hydrogens (tertiary/aromatic N) is 4. The minimum absolute atomic E-state index is 0. The molecule has 0 spiro atoms. The largest absolute Gasteiger partial charge is 0.317 e. The van der Waals surface area contributed by atoms with E-state index in [1.807, 2.05) is 27.7 Å². The number of piperidine rings is 1. The summed E-state index contributed by atoms with van der Waals surface area (Å²) in [4.78, 5) is 13.1. The summed E-state index contributed by atoms with van der Waals surface area (Å²) in [7, 11) is 0. The van der Waals surface area contributed by atoms with Gasteiger partial charge in [-0.1, -0.05) is 0 Å². The molecule has 0 bridgehead atoms. The van der Waals surface area contributed by atoms with Crippen LogP contribution in [0, 0.1) is 0 Å². The second kappa shape index (κ2) is 7.17. The molecule has 1 amide bonds. The molecule has 0 atom stereocenters. The first-order valence-corrected chi connectivity index (χ1v) is 8.83. The summed E-state index contributed by atoms with van der Waals surface area (Å²) in [5.41, 5.74) is 0.607. The van der Waals surface area contributed by atoms with Gasteiger partial charge >= 0.3 is 0 Å². The predicted molar refractivity (Wildman–Crippen MR) is 98.1 cm³/mol. The molecule has 2 aromatic heterocycles. The van der Waals surface area contributed by atoms with Gasteiger partial charge in [-0.2, -0.15) is 10.2 Å². The fraction of sp³-hybridized carbons (Fsp3) is 0.588. The molecule has 0 unspecified atom stereocenters. The minimum atomic E-state index is -0.634. The fourth-order valence-electron chi connectivity index (χ4n) is 3.61. The maximum Gasteiger partial charge on any atom is 0.253 e. The smallest absolute Gasteiger partial charge is 0.253 e. The highest BCUT2D eigenvalue weighted by Crippen LogP contribution is 2.41. The van der Waals surface area contributed by atoms with Crippen LogP contribution < -0.4 is 10.6 Å². The third-order valence-electron chi connectivity index (χ3n) is 5.14. The van der Waals surface area contributed by atoms with E-state index in [2.05, 4.69) is 27.8 Å². The molecule has 0 radical (unpaired) electrons. The van der Waals surface area contributed by atoms with E-state index < -0.39 is 5.54 Å². The van der Waals surface area contributed by atoms with Gasteiger partial charge in [-0.15, -0.1) is 12.4 Å². The summed E-state index contributed by atoms with van der Waals surface area (Å²) >= 11 is 0. The molecule has 0 aromatic carbocycles. The zero-order valence-corrected chi connectivity index (χ0v) is 15.3. The highest BCUT2D eigenvalue weighted by Gasteiger charge is 2.42. The molecule has 4 rings (SSSR count). The minimum Gasteiger partial charge on any atom is -0.317 e. The first kappa shape index (κ1) is 17.9. The quantitative estimate of drug-likeness (QED) is 0.852. The molecule has 2 fully saturated rings. The Hall–Kier alpha value is -1.86. The van der Waals surface area contributed by atoms with Crippen molar-refractivity contribution in [3.8, 4) is 0 Å². The molecule has 1 aliphatic heterocycles. The number of amides is 1. The number of carbonyl (C=O) groups is 1. The molecular weight excluding hydrogens is 340 g/mol. The Kier molecular flexibility index (Phi) is 5.15. The summed E-state index contributed by atoms with van der Waals surface area (Å²) in [6.07, 6.45) is 7.51. The van der Waals surface area contributed by atoms with E-state index in [-0.39, 0.29) is 18.3 Å². The molecule has 3 heterocycles. The Bertz CT molecular complexity index is 716. The molecule has 7 nitrogen and oxygen atoms in total. The molecule has 2 N–H and O–H groups in total. The zero-order chi connectivity index (χ0) is 16.6. The van der Waals surface area contributed by atoms with Gasteiger partial charge < -0.3 is 10.6 Å². The monoisotopic (exact) mass is 364 g/mol. The van der Waals surface area contributed by atoms with Crippen molar-refractivity contribution in [1.82, 2.24) is 24.9 Å². The van der Waals surface area contributed by atoms with Gasteiger partial charge in [0.1, 0.15) is 5.54 Å². The second-order valence-electron chi connectivity index (χ2n) is 6.73. The van der Waals surface area contributed by atoms with Gasteiger partial charge in [0.15, 0.2) is 5.82 Å². The van der Waals surface area contributed by atoms with Gasteiger partial charge in [-0.05, 0) is 51.8 Å². The van der Waals surface area contributed by atoms with Gasteiger partial charge in [0.05, 0.1) is 0 Å². The average Bonchev–Trinajstić information content (AvgIpc) is 3.14. The van der Waals surface area contributed by atoms with E-state index in [9.17, 15) is 4.79 Å². The molecular formula is C17H25ClN6O. The summed E-state index contributed by atoms with van der Waals surface area (Å²) in [6.45, 7) is 4.53. The summed E-state index contributed by atoms with van der Waals surface area (Å²) in [6, 6.07) is 3.91. The lowest BCUT2D eigenvalue weighted by molar-refractivity contribution is -0.126. The summed E-state index contributed by atoms with van der Waals surface area (Å²) < 4.78 is 3.82. The molecule has 2 aliphatic rings. The van der Waals surface area contributed by atoms with Crippen LogP contribution in [0.4, 0.5) is 5.82 Å². The van der Waals surface area contributed by atoms with Gasteiger partial charge in [0.2, 0.25) is 0 Å². The van der Waals surface area contributed by atoms with Gasteiger partial charge in [-0.25, -0.2) is 0 Å². The van der Waals surface area contributed by atoms with Crippen molar-refractivity contribution < 1.29 is 4.79 Å². The van der Waals surface area contributed by atoms with Crippen molar-refractivity contribution in [2.75, 3.05) is 18.4 Å². The zero-order valence-electron chi connectivity index (χ0n) is 14.4. The Balaban J connectivity index is 0.00000182. The number of carbonyl (C=O) groups excluding carboxylic acids is 1. The molecule has 25 heavy (non-hydrogen) atoms. The number of nitrogens with one attached hydrogen (secondary N) is 2. The van der Waals surface area contributed by atoms with Crippen LogP contribution in [0.15, 0.2) is 24.5 Å². The standard InChI is InChI=1S/C17H24N6O.ClH/c1-2-22-14(13-4-5-13)12-15(21-22)20-16(24)17(6-9-18-10-7-17)23-11-3-8-19-23;/h3,8,11-13,18H,2,4-7,9-10H2,1H3,(H,20,21,24);1H. The third-order valence-corrected chi connectivity index (χ3v) is 5.14. The topological polar surface area (TPSA) is 76.8 Å². The molecule has 1 aliphatic carbocycles. The molecule has 2 aromatic rings. The van der Waals surface area contributed by atoms with Gasteiger partial charge in [0.25, 0.3) is 5.91 Å². The Morgan fingerprint density at radius 2 is 2.16 bits per heavy atom. The second-order valence-corrected chi connectivity index (χ2v) is 6.73. The van der Waals surface area contributed by atoms with E-state index in [0.717, 1.165) is 32.5 Å². The van der Waals surface area contributed by atoms with Crippen molar-refractivity contribution in [3.63, 3.8) is 0 Å². The third kappa shape index (κ3) is 3.30. The fourth-order valence-corrected chi connectivity index (χ4v) is 3.61. The molecule has 136 valence electrons. The maximum atomic E-state index is 13.1. The van der Waals surface area contributed by atoms with E-state index >= 15 is 0 Å². The normalized spacial score (nSPS) is 19.2. The first-order valence-electron chi connectivity index (χ1n) is 8.83. The van der Waals surface area contributed by atoms with Crippen LogP contribution in [0.25, 0.3) is 0 Å². The van der Waals surface area contributed by atoms with E-state index in [1.165, 1.54) is 18.5 Å². The highest BCUT2D eigenvalue weighted by molar-refractivity contribution is 5.96. The summed E-state index contributed by atoms with van der Waals surface area (Å²) in [5.74, 6) is 1.26. The van der Waals surface area contributed by atoms with Crippen molar-refractivity contribution in [3.05, 3.63) is 30.2 Å². The summed E-state index contributed by atoms with van der Waals surface area (Å²) in [5, 5.41) is 15.3. The molecule has 1 saturated carbocycles. The molecule has 1 saturated heterocycles. The van der Waals surface area contributed by atoms with Crippen LogP contribution >= 0.6 is 12.4 Å². The number of halogens is 1. The number of hydrogen-bond acceptors (Lipinski definition) is 4. The van der Waals surface area contributed by atoms with Crippen LogP contribution in [0.3, 0.4) is 0 Å². The highest BCUT2D eigenvalue weighted by atomic mass is 35.5. The van der Waals surface area contributed by atoms with Crippen molar-refractivity contribution in [2.45, 2.75) is 50.6 Å². The van der Waals surface area contributed by atoms with E-state index in [4.69, 9.17) is 0 Å². The van der Waals surface area contributed by atoms with Crippen molar-refractivity contribution in [1.29, 1.82) is 0 Å². The van der Waals surface area contributed by atoms with Gasteiger partial charge in [-0.3, -0.25) is 14.2 Å². The number of aromatic nitrogens is 4. The maximum absolute atomic E-state index is 13.1. The van der Waals surface area contributed by atoms with Crippen LogP contribution in [0.5, 0.6) is 0 Å². The Labute approximate surface area is 153 Å². The van der Waals surface area contributed by atoms with E-state index in [1.54, 1.807) is 6.20 Å². The van der Waals surface area contributed by atoms with E-state index in [0.29, 0.717) is 11.7 Å². The van der Waals surface area contributed by atoms with Crippen LogP contribution in [-0.2, 0) is 16.9 Å². The van der Waals surface area contributed by atoms with Crippen LogP contribution in [0.2, 0.25) is 0 Å². The van der Waals surface area contributed by atoms with Crippen molar-refractivity contribution in [2.24, 2.45) is 0 Å². The number of rotatable bonds is 5. The first-order chi connectivity index (χ1) is 11.7. The predicted octanol–water partition coefficient (Wildman–Crippen LogP) is 2.12. The number of hydrogen-bond donors (Lipinski definition) is 2. The van der Waals surface area contributed by atoms with Crippen LogP contribution in [-0.4, -0.2) is 38.6 Å². The SMILES string of the molecule is CCn1nc(NC(=O)C2(n3cccn3)CCNCC2)cc1C1CC1.Cl. The number of aryl methyl sites for hydroxylation is 1. The number of anilines is 1. The molecule has 8 heteroatoms. The Morgan fingerprint density at radius 1 is 1.40 bits per heavy atom. The van der Waals surface area contributed by atoms with Gasteiger partial charge in [0, 0.05) is 36.6 Å². The lowest BCUT2D eigenvalue weighted by Gasteiger charge is -2.36. The lowest BCUT2D eigenvalue weighted by atomic mass is 9.87. The van der Waals surface area contributed by atoms with Crippen LogP contribution in [0.1, 0.15) is 44.2 Å². The average molecular weight is 365 g/mol.